The van der Waals surface area contributed by atoms with E-state index in [1.807, 2.05) is 0 Å². The van der Waals surface area contributed by atoms with Gasteiger partial charge in [0.25, 0.3) is 0 Å². The Morgan fingerprint density at radius 1 is 1.21 bits per heavy atom. The van der Waals surface area contributed by atoms with Crippen molar-refractivity contribution < 1.29 is 46.2 Å². The minimum Gasteiger partial charge on any atom is -0.449 e. The van der Waals surface area contributed by atoms with Gasteiger partial charge >= 0.3 is 6.11 Å². The number of hydrogen-bond acceptors (Lipinski definition) is 1. The molecule has 0 spiro atoms. The Morgan fingerprint density at radius 3 is 2.33 bits per heavy atom. The molecular weight excluding hydrogens is 383 g/mol. The van der Waals surface area contributed by atoms with Gasteiger partial charge in [-0.15, -0.1) is 0 Å². The second kappa shape index (κ2) is 9.63. The van der Waals surface area contributed by atoms with Crippen molar-refractivity contribution in [2.24, 2.45) is 5.92 Å². The normalized spacial score (nSPS) is 21.1. The van der Waals surface area contributed by atoms with E-state index in [0.29, 0.717) is 5.92 Å². The number of hydrogen-bond donors (Lipinski definition) is 0. The summed E-state index contributed by atoms with van der Waals surface area (Å²) < 4.78 is 32.9. The fourth-order valence-electron chi connectivity index (χ4n) is 2.95. The molecule has 1 saturated carbocycles. The Balaban J connectivity index is 0.00000288. The van der Waals surface area contributed by atoms with E-state index in [0.717, 1.165) is 24.3 Å². The SMILES string of the molecule is C=[C-]/C=C\C(=C)OC(F)(F)c1ccc(C2CCC(C)CC2)cc1.[Y]. The van der Waals surface area contributed by atoms with Crippen LogP contribution >= 0.6 is 0 Å². The van der Waals surface area contributed by atoms with Gasteiger partial charge in [0.05, 0.1) is 5.56 Å². The first-order valence-corrected chi connectivity index (χ1v) is 7.97. The van der Waals surface area contributed by atoms with Crippen LogP contribution in [-0.2, 0) is 43.6 Å². The number of benzene rings is 1. The van der Waals surface area contributed by atoms with E-state index in [1.54, 1.807) is 12.1 Å². The molecule has 24 heavy (non-hydrogen) atoms. The second-order valence-corrected chi connectivity index (χ2v) is 6.20. The fraction of sp³-hybridized carbons (Fsp3) is 0.400. The van der Waals surface area contributed by atoms with Gasteiger partial charge in [0.15, 0.2) is 0 Å². The zero-order chi connectivity index (χ0) is 16.9. The Labute approximate surface area is 168 Å². The zero-order valence-electron chi connectivity index (χ0n) is 14.1. The van der Waals surface area contributed by atoms with Crippen molar-refractivity contribution in [3.63, 3.8) is 0 Å². The predicted molar refractivity (Wildman–Crippen MR) is 88.9 cm³/mol. The predicted octanol–water partition coefficient (Wildman–Crippen LogP) is 6.10. The molecule has 1 aromatic carbocycles. The van der Waals surface area contributed by atoms with Gasteiger partial charge in [0, 0.05) is 38.5 Å². The third-order valence-electron chi connectivity index (χ3n) is 4.38. The van der Waals surface area contributed by atoms with Crippen LogP contribution in [0.4, 0.5) is 8.78 Å². The molecule has 4 heteroatoms. The molecular formula is C20H23F2OY-. The van der Waals surface area contributed by atoms with E-state index >= 15 is 0 Å². The molecule has 0 saturated heterocycles. The smallest absolute Gasteiger partial charge is 0.425 e. The van der Waals surface area contributed by atoms with Crippen LogP contribution in [0.2, 0.25) is 0 Å². The van der Waals surface area contributed by atoms with Gasteiger partial charge in [-0.3, -0.25) is 6.08 Å². The average Bonchev–Trinajstić information content (AvgIpc) is 2.53. The molecule has 0 unspecified atom stereocenters. The summed E-state index contributed by atoms with van der Waals surface area (Å²) in [5.74, 6) is 1.13. The van der Waals surface area contributed by atoms with Gasteiger partial charge in [0.2, 0.25) is 0 Å². The second-order valence-electron chi connectivity index (χ2n) is 6.20. The Bertz CT molecular complexity index is 570. The number of rotatable bonds is 6. The van der Waals surface area contributed by atoms with E-state index in [2.05, 4.69) is 30.9 Å². The molecule has 1 fully saturated rings. The first-order chi connectivity index (χ1) is 10.9. The molecule has 0 amide bonds. The van der Waals surface area contributed by atoms with Gasteiger partial charge in [-0.25, -0.2) is 6.08 Å². The molecule has 0 aliphatic heterocycles. The van der Waals surface area contributed by atoms with Crippen molar-refractivity contribution in [3.8, 4) is 0 Å². The maximum absolute atomic E-state index is 14.1. The van der Waals surface area contributed by atoms with Crippen LogP contribution in [0, 0.1) is 12.0 Å². The molecule has 0 heterocycles. The van der Waals surface area contributed by atoms with E-state index in [1.165, 1.54) is 37.1 Å². The summed E-state index contributed by atoms with van der Waals surface area (Å²) in [6, 6.07) is 6.49. The number of allylic oxidation sites excluding steroid dienone is 3. The molecule has 127 valence electrons. The quantitative estimate of drug-likeness (QED) is 0.315. The van der Waals surface area contributed by atoms with Crippen LogP contribution in [0.3, 0.4) is 0 Å². The minimum atomic E-state index is -3.40. The fourth-order valence-corrected chi connectivity index (χ4v) is 2.95. The van der Waals surface area contributed by atoms with Crippen molar-refractivity contribution in [2.45, 2.75) is 44.6 Å². The number of halogens is 2. The van der Waals surface area contributed by atoms with Crippen molar-refractivity contribution >= 4 is 0 Å². The molecule has 0 atom stereocenters. The first-order valence-electron chi connectivity index (χ1n) is 7.97. The molecule has 1 nitrogen and oxygen atoms in total. The largest absolute Gasteiger partial charge is 0.449 e. The van der Waals surface area contributed by atoms with Crippen LogP contribution in [0.25, 0.3) is 0 Å². The monoisotopic (exact) mass is 406 g/mol. The standard InChI is InChI=1S/C20H23F2O.Y/c1-4-5-6-16(3)23-20(21,22)19-13-11-18(12-14-19)17-9-7-15(2)8-10-17;/h5-6,11-15,17H,1,3,7-10H2,2H3;/q-1;/b6-5-;. The number of alkyl halides is 2. The van der Waals surface area contributed by atoms with Gasteiger partial charge in [-0.1, -0.05) is 38.5 Å². The van der Waals surface area contributed by atoms with Gasteiger partial charge in [-0.05, 0) is 42.4 Å². The zero-order valence-corrected chi connectivity index (χ0v) is 16.9. The van der Waals surface area contributed by atoms with Gasteiger partial charge < -0.3 is 4.74 Å². The van der Waals surface area contributed by atoms with Crippen molar-refractivity contribution in [3.05, 3.63) is 72.5 Å². The van der Waals surface area contributed by atoms with Crippen LogP contribution < -0.4 is 0 Å². The topological polar surface area (TPSA) is 9.23 Å². The average molecular weight is 406 g/mol. The van der Waals surface area contributed by atoms with E-state index in [9.17, 15) is 8.78 Å². The van der Waals surface area contributed by atoms with Gasteiger partial charge in [-0.2, -0.15) is 21.4 Å². The molecule has 0 N–H and O–H groups in total. The van der Waals surface area contributed by atoms with Crippen LogP contribution in [0.1, 0.15) is 49.7 Å². The Hall–Kier alpha value is -0.796. The third-order valence-corrected chi connectivity index (χ3v) is 4.38. The summed E-state index contributed by atoms with van der Waals surface area (Å²) in [6.45, 7) is 9.06. The van der Waals surface area contributed by atoms with Crippen LogP contribution in [-0.4, -0.2) is 0 Å². The summed E-state index contributed by atoms with van der Waals surface area (Å²) in [7, 11) is 0. The van der Waals surface area contributed by atoms with E-state index in [-0.39, 0.29) is 44.0 Å². The summed E-state index contributed by atoms with van der Waals surface area (Å²) >= 11 is 0. The summed E-state index contributed by atoms with van der Waals surface area (Å²) in [4.78, 5) is 0. The van der Waals surface area contributed by atoms with E-state index < -0.39 is 6.11 Å². The Morgan fingerprint density at radius 2 is 1.79 bits per heavy atom. The van der Waals surface area contributed by atoms with Gasteiger partial charge in [0.1, 0.15) is 0 Å². The van der Waals surface area contributed by atoms with E-state index in [4.69, 9.17) is 0 Å². The molecule has 0 bridgehead atoms. The Kier molecular flexibility index (Phi) is 8.52. The molecule has 1 radical (unpaired) electrons. The molecule has 0 aromatic heterocycles. The minimum absolute atomic E-state index is 0. The maximum atomic E-state index is 14.1. The molecule has 1 aromatic rings. The van der Waals surface area contributed by atoms with Crippen LogP contribution in [0.15, 0.2) is 55.3 Å². The molecule has 1 aliphatic carbocycles. The third kappa shape index (κ3) is 5.93. The number of ether oxygens (including phenoxy) is 1. The summed E-state index contributed by atoms with van der Waals surface area (Å²) in [5, 5.41) is 0. The van der Waals surface area contributed by atoms with Crippen LogP contribution in [0.5, 0.6) is 0 Å². The van der Waals surface area contributed by atoms with Crippen molar-refractivity contribution in [1.82, 2.24) is 0 Å². The maximum Gasteiger partial charge on any atom is 0.425 e. The molecule has 1 aliphatic rings. The van der Waals surface area contributed by atoms with Crippen molar-refractivity contribution in [1.29, 1.82) is 0 Å². The summed E-state index contributed by atoms with van der Waals surface area (Å²) in [6.07, 6.45) is 6.42. The first kappa shape index (κ1) is 21.2. The summed E-state index contributed by atoms with van der Waals surface area (Å²) in [5.41, 5.74) is 0.971. The van der Waals surface area contributed by atoms with Crippen molar-refractivity contribution in [2.75, 3.05) is 0 Å². The molecule has 2 rings (SSSR count).